The fourth-order valence-corrected chi connectivity index (χ4v) is 2.50. The minimum absolute atomic E-state index is 0.239. The Hall–Kier alpha value is -1.99. The molecule has 0 bridgehead atoms. The summed E-state index contributed by atoms with van der Waals surface area (Å²) < 4.78 is 54.6. The van der Waals surface area contributed by atoms with Crippen molar-refractivity contribution in [1.82, 2.24) is 4.98 Å². The average molecular weight is 356 g/mol. The van der Waals surface area contributed by atoms with Crippen LogP contribution in [0.4, 0.5) is 17.6 Å². The summed E-state index contributed by atoms with van der Waals surface area (Å²) >= 11 is 0. The lowest BCUT2D eigenvalue weighted by Crippen LogP contribution is -2.30. The molecule has 7 heteroatoms. The van der Waals surface area contributed by atoms with Gasteiger partial charge in [0, 0.05) is 17.7 Å². The van der Waals surface area contributed by atoms with Crippen LogP contribution in [-0.2, 0) is 5.60 Å². The highest BCUT2D eigenvalue weighted by Gasteiger charge is 2.42. The molecule has 136 valence electrons. The molecule has 0 amide bonds. The van der Waals surface area contributed by atoms with E-state index in [4.69, 9.17) is 5.73 Å². The van der Waals surface area contributed by atoms with E-state index in [1.165, 1.54) is 13.8 Å². The summed E-state index contributed by atoms with van der Waals surface area (Å²) in [6, 6.07) is 7.50. The van der Waals surface area contributed by atoms with Gasteiger partial charge in [0.15, 0.2) is 5.82 Å². The van der Waals surface area contributed by atoms with Crippen LogP contribution in [0.15, 0.2) is 30.3 Å². The Balaban J connectivity index is 2.74. The second-order valence-corrected chi connectivity index (χ2v) is 6.51. The number of hydrogen-bond donors (Lipinski definition) is 2. The van der Waals surface area contributed by atoms with Crippen LogP contribution >= 0.6 is 0 Å². The van der Waals surface area contributed by atoms with Crippen LogP contribution in [0.25, 0.3) is 11.3 Å². The molecule has 2 aromatic rings. The Morgan fingerprint density at radius 1 is 1.16 bits per heavy atom. The average Bonchev–Trinajstić information content (AvgIpc) is 2.47. The molecule has 3 nitrogen and oxygen atoms in total. The van der Waals surface area contributed by atoms with Gasteiger partial charge in [0.2, 0.25) is 0 Å². The lowest BCUT2D eigenvalue weighted by atomic mass is 9.92. The third-order valence-electron chi connectivity index (χ3n) is 3.95. The van der Waals surface area contributed by atoms with Gasteiger partial charge >= 0.3 is 6.18 Å². The molecule has 3 N–H and O–H groups in total. The number of nitrogens with two attached hydrogens (primary N) is 1. The normalized spacial score (nSPS) is 13.8. The van der Waals surface area contributed by atoms with Gasteiger partial charge in [-0.25, -0.2) is 9.37 Å². The lowest BCUT2D eigenvalue weighted by molar-refractivity contribution is -0.148. The molecule has 0 aliphatic heterocycles. The van der Waals surface area contributed by atoms with E-state index in [9.17, 15) is 22.7 Å². The fraction of sp³-hybridized carbons (Fsp3) is 0.389. The van der Waals surface area contributed by atoms with Crippen molar-refractivity contribution >= 4 is 0 Å². The van der Waals surface area contributed by atoms with Crippen LogP contribution < -0.4 is 5.73 Å². The van der Waals surface area contributed by atoms with Gasteiger partial charge in [0.1, 0.15) is 11.6 Å². The van der Waals surface area contributed by atoms with E-state index in [0.29, 0.717) is 5.56 Å². The first-order valence-corrected chi connectivity index (χ1v) is 7.72. The van der Waals surface area contributed by atoms with Gasteiger partial charge in [-0.2, -0.15) is 13.2 Å². The number of aliphatic hydroxyl groups is 1. The van der Waals surface area contributed by atoms with E-state index in [1.54, 1.807) is 24.3 Å². The van der Waals surface area contributed by atoms with E-state index >= 15 is 0 Å². The number of pyridine rings is 1. The topological polar surface area (TPSA) is 59.1 Å². The van der Waals surface area contributed by atoms with Crippen LogP contribution in [0.5, 0.6) is 0 Å². The number of alkyl halides is 3. The number of hydrogen-bond acceptors (Lipinski definition) is 3. The molecule has 1 heterocycles. The number of halogens is 4. The summed E-state index contributed by atoms with van der Waals surface area (Å²) in [7, 11) is 0. The van der Waals surface area contributed by atoms with Crippen LogP contribution in [0.2, 0.25) is 0 Å². The number of aryl methyl sites for hydroxylation is 1. The van der Waals surface area contributed by atoms with Crippen molar-refractivity contribution in [3.63, 3.8) is 0 Å². The largest absolute Gasteiger partial charge is 0.398 e. The quantitative estimate of drug-likeness (QED) is 0.813. The zero-order valence-electron chi connectivity index (χ0n) is 14.2. The Labute approximate surface area is 143 Å². The zero-order chi connectivity index (χ0) is 19.0. The van der Waals surface area contributed by atoms with Gasteiger partial charge in [0.05, 0.1) is 11.3 Å². The lowest BCUT2D eigenvalue weighted by Gasteiger charge is -2.24. The number of aromatic nitrogens is 1. The van der Waals surface area contributed by atoms with Crippen molar-refractivity contribution in [3.05, 3.63) is 53.0 Å². The Kier molecular flexibility index (Phi) is 5.20. The van der Waals surface area contributed by atoms with Crippen molar-refractivity contribution < 1.29 is 22.7 Å². The monoisotopic (exact) mass is 356 g/mol. The number of rotatable bonds is 4. The minimum atomic E-state index is -4.62. The van der Waals surface area contributed by atoms with Gasteiger partial charge in [-0.3, -0.25) is 0 Å². The van der Waals surface area contributed by atoms with Gasteiger partial charge in [-0.05, 0) is 26.8 Å². The van der Waals surface area contributed by atoms with Crippen molar-refractivity contribution in [2.45, 2.75) is 38.5 Å². The highest BCUT2D eigenvalue weighted by molar-refractivity contribution is 5.62. The molecule has 0 saturated heterocycles. The molecular weight excluding hydrogens is 336 g/mol. The highest BCUT2D eigenvalue weighted by Crippen LogP contribution is 2.37. The second kappa shape index (κ2) is 6.72. The predicted molar refractivity (Wildman–Crippen MR) is 87.5 cm³/mol. The molecule has 25 heavy (non-hydrogen) atoms. The molecule has 1 unspecified atom stereocenters. The van der Waals surface area contributed by atoms with Crippen LogP contribution in [0, 0.1) is 12.7 Å². The molecule has 0 fully saturated rings. The highest BCUT2D eigenvalue weighted by atomic mass is 19.4. The molecule has 0 aliphatic carbocycles. The molecule has 0 aliphatic rings. The molecule has 1 atom stereocenters. The molecule has 1 aromatic carbocycles. The van der Waals surface area contributed by atoms with E-state index in [2.05, 4.69) is 4.98 Å². The zero-order valence-corrected chi connectivity index (χ0v) is 14.2. The smallest absolute Gasteiger partial charge is 0.386 e. The second-order valence-electron chi connectivity index (χ2n) is 6.51. The molecule has 0 radical (unpaired) electrons. The summed E-state index contributed by atoms with van der Waals surface area (Å²) in [5, 5.41) is 10.2. The first-order valence-electron chi connectivity index (χ1n) is 7.72. The molecule has 2 rings (SSSR count). The van der Waals surface area contributed by atoms with E-state index in [1.807, 2.05) is 6.92 Å². The SMILES string of the molecule is Cc1ccc(-c2nc(C(CN)C(F)(F)F)cc(C(C)(C)O)c2F)cc1. The van der Waals surface area contributed by atoms with Gasteiger partial charge in [-0.15, -0.1) is 0 Å². The Bertz CT molecular complexity index is 749. The number of benzene rings is 1. The van der Waals surface area contributed by atoms with Crippen LogP contribution in [0.1, 0.15) is 36.6 Å². The van der Waals surface area contributed by atoms with E-state index in [0.717, 1.165) is 11.6 Å². The predicted octanol–water partition coefficient (Wildman–Crippen LogP) is 4.03. The van der Waals surface area contributed by atoms with Crippen molar-refractivity contribution in [2.24, 2.45) is 5.73 Å². The maximum absolute atomic E-state index is 14.9. The number of nitrogens with zero attached hydrogens (tertiary/aromatic N) is 1. The molecular formula is C18H20F4N2O. The third kappa shape index (κ3) is 4.16. The molecule has 1 aromatic heterocycles. The van der Waals surface area contributed by atoms with E-state index < -0.39 is 35.8 Å². The van der Waals surface area contributed by atoms with Crippen LogP contribution in [-0.4, -0.2) is 22.8 Å². The van der Waals surface area contributed by atoms with Gasteiger partial charge in [0.25, 0.3) is 0 Å². The summed E-state index contributed by atoms with van der Waals surface area (Å²) in [6.07, 6.45) is -4.62. The third-order valence-corrected chi connectivity index (χ3v) is 3.95. The minimum Gasteiger partial charge on any atom is -0.386 e. The van der Waals surface area contributed by atoms with Crippen molar-refractivity contribution in [1.29, 1.82) is 0 Å². The maximum Gasteiger partial charge on any atom is 0.398 e. The summed E-state index contributed by atoms with van der Waals surface area (Å²) in [5.41, 5.74) is 3.94. The van der Waals surface area contributed by atoms with E-state index in [-0.39, 0.29) is 11.3 Å². The first-order chi connectivity index (χ1) is 11.4. The van der Waals surface area contributed by atoms with Crippen LogP contribution in [0.3, 0.4) is 0 Å². The summed E-state index contributed by atoms with van der Waals surface area (Å²) in [5.74, 6) is -2.89. The first kappa shape index (κ1) is 19.3. The maximum atomic E-state index is 14.9. The van der Waals surface area contributed by atoms with Gasteiger partial charge < -0.3 is 10.8 Å². The molecule has 0 saturated carbocycles. The van der Waals surface area contributed by atoms with Gasteiger partial charge in [-0.1, -0.05) is 29.8 Å². The Morgan fingerprint density at radius 2 is 1.72 bits per heavy atom. The molecule has 0 spiro atoms. The Morgan fingerprint density at radius 3 is 2.16 bits per heavy atom. The summed E-state index contributed by atoms with van der Waals surface area (Å²) in [4.78, 5) is 3.90. The standard InChI is InChI=1S/C18H20F4N2O/c1-10-4-6-11(7-5-10)16-15(19)12(17(2,3)25)8-14(24-16)13(9-23)18(20,21)22/h4-8,13,25H,9,23H2,1-3H3. The fourth-order valence-electron chi connectivity index (χ4n) is 2.50. The van der Waals surface area contributed by atoms with Crippen molar-refractivity contribution in [2.75, 3.05) is 6.54 Å². The van der Waals surface area contributed by atoms with Crippen molar-refractivity contribution in [3.8, 4) is 11.3 Å². The summed E-state index contributed by atoms with van der Waals surface area (Å²) in [6.45, 7) is 3.72.